The third-order valence-electron chi connectivity index (χ3n) is 7.56. The Balaban J connectivity index is 2.62. The molecule has 6 nitrogen and oxygen atoms in total. The van der Waals surface area contributed by atoms with E-state index in [9.17, 15) is 10.2 Å². The van der Waals surface area contributed by atoms with Crippen molar-refractivity contribution in [2.24, 2.45) is 9.98 Å². The Bertz CT molecular complexity index is 1170. The van der Waals surface area contributed by atoms with Gasteiger partial charge < -0.3 is 19.7 Å². The van der Waals surface area contributed by atoms with Crippen LogP contribution in [0, 0.1) is 0 Å². The minimum Gasteiger partial charge on any atom is -0.507 e. The van der Waals surface area contributed by atoms with Crippen LogP contribution in [0.1, 0.15) is 116 Å². The lowest BCUT2D eigenvalue weighted by atomic mass is 9.79. The van der Waals surface area contributed by atoms with Gasteiger partial charge in [-0.3, -0.25) is 9.98 Å². The first kappa shape index (κ1) is 35.5. The van der Waals surface area contributed by atoms with E-state index in [0.29, 0.717) is 24.3 Å². The van der Waals surface area contributed by atoms with Crippen molar-refractivity contribution in [3.05, 3.63) is 57.6 Å². The molecule has 2 rings (SSSR count). The fraction of sp³-hybridized carbons (Fsp3) is 0.611. The van der Waals surface area contributed by atoms with Crippen LogP contribution in [-0.4, -0.2) is 62.2 Å². The van der Waals surface area contributed by atoms with Crippen molar-refractivity contribution in [1.29, 1.82) is 0 Å². The molecule has 0 saturated carbocycles. The lowest BCUT2D eigenvalue weighted by Crippen LogP contribution is -2.31. The van der Waals surface area contributed by atoms with Crippen LogP contribution in [0.2, 0.25) is 0 Å². The number of hydrogen-bond acceptors (Lipinski definition) is 6. The van der Waals surface area contributed by atoms with Gasteiger partial charge in [0.2, 0.25) is 0 Å². The highest BCUT2D eigenvalue weighted by atomic mass is 16.5. The van der Waals surface area contributed by atoms with E-state index in [1.54, 1.807) is 26.6 Å². The number of ether oxygens (including phenoxy) is 2. The van der Waals surface area contributed by atoms with E-state index < -0.39 is 0 Å². The molecule has 0 bridgehead atoms. The van der Waals surface area contributed by atoms with Crippen molar-refractivity contribution >= 4 is 12.4 Å². The smallest absolute Gasteiger partial charge is 0.128 e. The molecule has 2 N–H and O–H groups in total. The average molecular weight is 581 g/mol. The first-order valence-electron chi connectivity index (χ1n) is 14.9. The van der Waals surface area contributed by atoms with Gasteiger partial charge in [-0.25, -0.2) is 0 Å². The summed E-state index contributed by atoms with van der Waals surface area (Å²) in [6, 6.07) is 7.46. The molecule has 0 unspecified atom stereocenters. The number of hydrogen-bond donors (Lipinski definition) is 2. The summed E-state index contributed by atoms with van der Waals surface area (Å²) >= 11 is 0. The molecule has 0 aromatic heterocycles. The van der Waals surface area contributed by atoms with Crippen molar-refractivity contribution < 1.29 is 19.7 Å². The third-order valence-corrected chi connectivity index (χ3v) is 7.56. The summed E-state index contributed by atoms with van der Waals surface area (Å²) in [6.45, 7) is 26.2. The number of rotatable bonds is 9. The summed E-state index contributed by atoms with van der Waals surface area (Å²) in [7, 11) is 3.28. The van der Waals surface area contributed by atoms with Gasteiger partial charge in [0, 0.05) is 48.9 Å². The lowest BCUT2D eigenvalue weighted by molar-refractivity contribution is 0.132. The molecule has 0 aliphatic carbocycles. The zero-order valence-electron chi connectivity index (χ0n) is 28.6. The van der Waals surface area contributed by atoms with Crippen LogP contribution in [0.4, 0.5) is 0 Å². The number of methoxy groups -OCH3 is 2. The van der Waals surface area contributed by atoms with Gasteiger partial charge in [0.15, 0.2) is 0 Å². The maximum atomic E-state index is 11.3. The monoisotopic (exact) mass is 580 g/mol. The van der Waals surface area contributed by atoms with E-state index in [0.717, 1.165) is 22.3 Å². The van der Waals surface area contributed by atoms with Crippen molar-refractivity contribution in [3.63, 3.8) is 0 Å². The highest BCUT2D eigenvalue weighted by Gasteiger charge is 2.27. The topological polar surface area (TPSA) is 83.6 Å². The molecule has 0 aliphatic heterocycles. The second-order valence-electron chi connectivity index (χ2n) is 15.5. The molecule has 2 aromatic rings. The van der Waals surface area contributed by atoms with Gasteiger partial charge in [-0.2, -0.15) is 0 Å². The first-order chi connectivity index (χ1) is 19.1. The predicted octanol–water partition coefficient (Wildman–Crippen LogP) is 7.86. The quantitative estimate of drug-likeness (QED) is 0.296. The number of phenolic OH excluding ortho intramolecular Hbond substituents is 2. The molecule has 2 aromatic carbocycles. The van der Waals surface area contributed by atoms with E-state index in [4.69, 9.17) is 19.5 Å². The van der Waals surface area contributed by atoms with Crippen LogP contribution in [0.15, 0.2) is 34.3 Å². The molecule has 0 radical (unpaired) electrons. The van der Waals surface area contributed by atoms with Crippen LogP contribution in [-0.2, 0) is 31.1 Å². The standard InChI is InChI=1S/C36H56N2O4/c1-33(2,3)25-15-23(31(39)27(17-25)35(7,8)9)19-37-29(21-41-13)30(22-42-14)38-20-24-16-26(34(4,5)6)18-28(32(24)40)36(10,11)12/h15-20,29-30,39-40H,21-22H2,1-14H3/t29-,30-/m1/s1. The summed E-state index contributed by atoms with van der Waals surface area (Å²) in [5, 5.41) is 22.5. The molecule has 0 aliphatic rings. The Morgan fingerprint density at radius 1 is 0.571 bits per heavy atom. The average Bonchev–Trinajstić information content (AvgIpc) is 2.83. The van der Waals surface area contributed by atoms with Crippen molar-refractivity contribution in [2.75, 3.05) is 27.4 Å². The zero-order valence-corrected chi connectivity index (χ0v) is 28.6. The second-order valence-corrected chi connectivity index (χ2v) is 15.5. The van der Waals surface area contributed by atoms with E-state index in [-0.39, 0.29) is 45.2 Å². The highest BCUT2D eigenvalue weighted by Crippen LogP contribution is 2.38. The van der Waals surface area contributed by atoms with Crippen LogP contribution >= 0.6 is 0 Å². The molecule has 42 heavy (non-hydrogen) atoms. The fourth-order valence-electron chi connectivity index (χ4n) is 4.72. The van der Waals surface area contributed by atoms with Gasteiger partial charge in [-0.05, 0) is 44.9 Å². The lowest BCUT2D eigenvalue weighted by Gasteiger charge is -2.27. The van der Waals surface area contributed by atoms with E-state index in [1.807, 2.05) is 12.1 Å². The molecular weight excluding hydrogens is 524 g/mol. The largest absolute Gasteiger partial charge is 0.507 e. The normalized spacial score (nSPS) is 15.1. The first-order valence-corrected chi connectivity index (χ1v) is 14.9. The Morgan fingerprint density at radius 3 is 1.12 bits per heavy atom. The van der Waals surface area contributed by atoms with E-state index >= 15 is 0 Å². The Kier molecular flexibility index (Phi) is 11.2. The van der Waals surface area contributed by atoms with Crippen LogP contribution < -0.4 is 0 Å². The molecule has 234 valence electrons. The molecule has 2 atom stereocenters. The van der Waals surface area contributed by atoms with Gasteiger partial charge in [-0.15, -0.1) is 0 Å². The summed E-state index contributed by atoms with van der Waals surface area (Å²) in [6.07, 6.45) is 3.47. The Morgan fingerprint density at radius 2 is 0.881 bits per heavy atom. The molecular formula is C36H56N2O4. The highest BCUT2D eigenvalue weighted by molar-refractivity contribution is 5.86. The van der Waals surface area contributed by atoms with Gasteiger partial charge in [0.05, 0.1) is 25.3 Å². The SMILES string of the molecule is COC[C@@H](N=Cc1cc(C(C)(C)C)cc(C(C)(C)C)c1O)[C@@H](COC)N=Cc1cc(C(C)(C)C)cc(C(C)(C)C)c1O. The molecule has 0 fully saturated rings. The van der Waals surface area contributed by atoms with E-state index in [2.05, 4.69) is 95.2 Å². The third kappa shape index (κ3) is 9.15. The zero-order chi connectivity index (χ0) is 32.3. The minimum absolute atomic E-state index is 0.0966. The maximum Gasteiger partial charge on any atom is 0.128 e. The molecule has 0 amide bonds. The van der Waals surface area contributed by atoms with Crippen molar-refractivity contribution in [2.45, 2.75) is 117 Å². The van der Waals surface area contributed by atoms with Crippen LogP contribution in [0.5, 0.6) is 11.5 Å². The Labute approximate surface area is 255 Å². The number of phenols is 2. The predicted molar refractivity (Wildman–Crippen MR) is 178 cm³/mol. The number of aromatic hydroxyl groups is 2. The Hall–Kier alpha value is -2.70. The minimum atomic E-state index is -0.378. The van der Waals surface area contributed by atoms with Crippen molar-refractivity contribution in [3.8, 4) is 11.5 Å². The number of nitrogens with zero attached hydrogens (tertiary/aromatic N) is 2. The summed E-state index contributed by atoms with van der Waals surface area (Å²) in [5.74, 6) is 0.474. The van der Waals surface area contributed by atoms with Crippen LogP contribution in [0.25, 0.3) is 0 Å². The van der Waals surface area contributed by atoms with Gasteiger partial charge in [0.1, 0.15) is 11.5 Å². The molecule has 0 heterocycles. The summed E-state index contributed by atoms with van der Waals surface area (Å²) in [5.41, 5.74) is 4.69. The molecule has 6 heteroatoms. The molecule has 0 saturated heterocycles. The second kappa shape index (κ2) is 13.3. The van der Waals surface area contributed by atoms with Crippen molar-refractivity contribution in [1.82, 2.24) is 0 Å². The summed E-state index contributed by atoms with van der Waals surface area (Å²) in [4.78, 5) is 9.78. The van der Waals surface area contributed by atoms with Gasteiger partial charge >= 0.3 is 0 Å². The van der Waals surface area contributed by atoms with E-state index in [1.165, 1.54) is 0 Å². The fourth-order valence-corrected chi connectivity index (χ4v) is 4.72. The number of benzene rings is 2. The number of aliphatic imine (C=N–C) groups is 2. The van der Waals surface area contributed by atoms with Gasteiger partial charge in [0.25, 0.3) is 0 Å². The van der Waals surface area contributed by atoms with Gasteiger partial charge in [-0.1, -0.05) is 95.2 Å². The summed E-state index contributed by atoms with van der Waals surface area (Å²) < 4.78 is 11.1. The van der Waals surface area contributed by atoms with Crippen LogP contribution in [0.3, 0.4) is 0 Å². The maximum absolute atomic E-state index is 11.3. The molecule has 0 spiro atoms.